The number of piperidine rings is 1. The van der Waals surface area contributed by atoms with Gasteiger partial charge in [0.05, 0.1) is 21.8 Å². The van der Waals surface area contributed by atoms with Gasteiger partial charge >= 0.3 is 0 Å². The second-order valence-corrected chi connectivity index (χ2v) is 8.24. The molecule has 0 spiro atoms. The van der Waals surface area contributed by atoms with Gasteiger partial charge in [-0.2, -0.15) is 0 Å². The van der Waals surface area contributed by atoms with E-state index < -0.39 is 17.8 Å². The van der Waals surface area contributed by atoms with Crippen molar-refractivity contribution < 1.29 is 14.3 Å². The lowest BCUT2D eigenvalue weighted by Gasteiger charge is -2.36. The van der Waals surface area contributed by atoms with Crippen LogP contribution in [0.25, 0.3) is 0 Å². The zero-order valence-electron chi connectivity index (χ0n) is 13.4. The zero-order valence-corrected chi connectivity index (χ0v) is 17.2. The fourth-order valence-electron chi connectivity index (χ4n) is 3.17. The monoisotopic (exact) mass is 479 g/mol. The molecule has 138 valence electrons. The molecule has 1 amide bonds. The molecular formula is C18H14BrCl3FNO2. The van der Waals surface area contributed by atoms with E-state index in [2.05, 4.69) is 15.9 Å². The normalized spacial score (nSPS) is 18.9. The smallest absolute Gasteiger partial charge is 0.227 e. The van der Waals surface area contributed by atoms with Crippen LogP contribution >= 0.6 is 50.7 Å². The largest absolute Gasteiger partial charge is 0.388 e. The number of anilines is 1. The number of aliphatic hydroxyl groups excluding tert-OH is 1. The summed E-state index contributed by atoms with van der Waals surface area (Å²) in [5.74, 6) is -1.13. The van der Waals surface area contributed by atoms with Crippen LogP contribution in [0.3, 0.4) is 0 Å². The van der Waals surface area contributed by atoms with Gasteiger partial charge in [0.15, 0.2) is 0 Å². The molecule has 1 fully saturated rings. The number of halogens is 5. The molecule has 1 aliphatic rings. The van der Waals surface area contributed by atoms with Gasteiger partial charge in [-0.15, -0.1) is 0 Å². The van der Waals surface area contributed by atoms with E-state index in [0.29, 0.717) is 26.6 Å². The summed E-state index contributed by atoms with van der Waals surface area (Å²) in [5.41, 5.74) is 0.430. The summed E-state index contributed by atoms with van der Waals surface area (Å²) >= 11 is 21.9. The van der Waals surface area contributed by atoms with Crippen LogP contribution in [0.4, 0.5) is 10.1 Å². The quantitative estimate of drug-likeness (QED) is 0.582. The average molecular weight is 482 g/mol. The third-order valence-corrected chi connectivity index (χ3v) is 5.80. The Balaban J connectivity index is 1.93. The van der Waals surface area contributed by atoms with E-state index in [-0.39, 0.29) is 29.5 Å². The molecule has 8 heteroatoms. The molecule has 1 N–H and O–H groups in total. The minimum absolute atomic E-state index is 0.0430. The molecule has 2 aromatic carbocycles. The Bertz CT molecular complexity index is 821. The van der Waals surface area contributed by atoms with Crippen molar-refractivity contribution in [1.29, 1.82) is 0 Å². The Morgan fingerprint density at radius 3 is 2.46 bits per heavy atom. The molecule has 0 bridgehead atoms. The van der Waals surface area contributed by atoms with Crippen LogP contribution in [0.15, 0.2) is 34.8 Å². The highest BCUT2D eigenvalue weighted by Gasteiger charge is 2.35. The van der Waals surface area contributed by atoms with Gasteiger partial charge in [-0.25, -0.2) is 4.39 Å². The summed E-state index contributed by atoms with van der Waals surface area (Å²) in [6.07, 6.45) is -0.545. The number of amides is 1. The van der Waals surface area contributed by atoms with Crippen LogP contribution in [0.2, 0.25) is 15.1 Å². The number of carbonyl (C=O) groups excluding carboxylic acids is 1. The van der Waals surface area contributed by atoms with Gasteiger partial charge in [0.2, 0.25) is 5.91 Å². The Hall–Kier alpha value is -0.850. The number of nitrogens with zero attached hydrogens (tertiary/aromatic N) is 1. The van der Waals surface area contributed by atoms with Gasteiger partial charge in [-0.3, -0.25) is 4.79 Å². The number of hydrogen-bond donors (Lipinski definition) is 1. The molecule has 0 aliphatic carbocycles. The van der Waals surface area contributed by atoms with Crippen molar-refractivity contribution >= 4 is 62.3 Å². The van der Waals surface area contributed by atoms with Crippen LogP contribution in [0.5, 0.6) is 0 Å². The average Bonchev–Trinajstić information content (AvgIpc) is 2.55. The third-order valence-electron chi connectivity index (χ3n) is 4.44. The van der Waals surface area contributed by atoms with Gasteiger partial charge in [0, 0.05) is 33.9 Å². The minimum Gasteiger partial charge on any atom is -0.388 e. The molecule has 1 saturated heterocycles. The van der Waals surface area contributed by atoms with E-state index >= 15 is 0 Å². The highest BCUT2D eigenvalue weighted by molar-refractivity contribution is 9.10. The first-order valence-corrected chi connectivity index (χ1v) is 9.79. The molecule has 2 atom stereocenters. The van der Waals surface area contributed by atoms with Gasteiger partial charge in [-0.1, -0.05) is 56.8 Å². The number of aliphatic hydroxyl groups is 1. The molecule has 3 rings (SSSR count). The van der Waals surface area contributed by atoms with Crippen molar-refractivity contribution in [1.82, 2.24) is 0 Å². The second kappa shape index (κ2) is 8.03. The SMILES string of the molecule is O=C1CC[C@H]([C@@H](O)c2c(F)cccc2Cl)CN1c1c(Cl)cc(Br)cc1Cl. The molecular weight excluding hydrogens is 467 g/mol. The molecule has 0 unspecified atom stereocenters. The topological polar surface area (TPSA) is 40.5 Å². The molecule has 0 aromatic heterocycles. The van der Waals surface area contributed by atoms with E-state index in [1.165, 1.54) is 23.1 Å². The van der Waals surface area contributed by atoms with Crippen molar-refractivity contribution in [3.05, 3.63) is 61.3 Å². The number of benzene rings is 2. The fourth-order valence-corrected chi connectivity index (χ4v) is 4.85. The van der Waals surface area contributed by atoms with E-state index in [1.54, 1.807) is 12.1 Å². The lowest BCUT2D eigenvalue weighted by atomic mass is 9.87. The van der Waals surface area contributed by atoms with Crippen LogP contribution in [0.1, 0.15) is 24.5 Å². The number of rotatable bonds is 3. The van der Waals surface area contributed by atoms with Crippen molar-refractivity contribution in [2.24, 2.45) is 5.92 Å². The predicted molar refractivity (Wildman–Crippen MR) is 106 cm³/mol. The van der Waals surface area contributed by atoms with E-state index in [0.717, 1.165) is 0 Å². The maximum atomic E-state index is 14.2. The van der Waals surface area contributed by atoms with Crippen LogP contribution in [0, 0.1) is 11.7 Å². The Kier molecular flexibility index (Phi) is 6.14. The number of carbonyl (C=O) groups is 1. The summed E-state index contributed by atoms with van der Waals surface area (Å²) in [5, 5.41) is 11.5. The summed E-state index contributed by atoms with van der Waals surface area (Å²) in [6.45, 7) is 0.158. The van der Waals surface area contributed by atoms with Gasteiger partial charge in [-0.05, 0) is 30.7 Å². The van der Waals surface area contributed by atoms with E-state index in [1.807, 2.05) is 0 Å². The fraction of sp³-hybridized carbons (Fsp3) is 0.278. The maximum absolute atomic E-state index is 14.2. The molecule has 2 aromatic rings. The summed E-state index contributed by atoms with van der Waals surface area (Å²) < 4.78 is 14.8. The van der Waals surface area contributed by atoms with E-state index in [4.69, 9.17) is 34.8 Å². The molecule has 0 saturated carbocycles. The molecule has 3 nitrogen and oxygen atoms in total. The first-order valence-electron chi connectivity index (χ1n) is 7.86. The van der Waals surface area contributed by atoms with Crippen LogP contribution in [-0.2, 0) is 4.79 Å². The summed E-state index contributed by atoms with van der Waals surface area (Å²) in [6, 6.07) is 7.54. The lowest BCUT2D eigenvalue weighted by molar-refractivity contribution is -0.120. The Labute approximate surface area is 173 Å². The third kappa shape index (κ3) is 3.87. The van der Waals surface area contributed by atoms with Gasteiger partial charge in [0.25, 0.3) is 0 Å². The van der Waals surface area contributed by atoms with Crippen molar-refractivity contribution in [2.75, 3.05) is 11.4 Å². The Morgan fingerprint density at radius 2 is 1.85 bits per heavy atom. The first-order chi connectivity index (χ1) is 12.3. The van der Waals surface area contributed by atoms with Gasteiger partial charge < -0.3 is 10.0 Å². The number of hydrogen-bond acceptors (Lipinski definition) is 2. The van der Waals surface area contributed by atoms with Gasteiger partial charge in [0.1, 0.15) is 5.82 Å². The highest BCUT2D eigenvalue weighted by atomic mass is 79.9. The zero-order chi connectivity index (χ0) is 19.0. The molecule has 26 heavy (non-hydrogen) atoms. The first kappa shape index (κ1) is 19.9. The summed E-state index contributed by atoms with van der Waals surface area (Å²) in [7, 11) is 0. The summed E-state index contributed by atoms with van der Waals surface area (Å²) in [4.78, 5) is 13.9. The predicted octanol–water partition coefficient (Wildman–Crippen LogP) is 6.03. The van der Waals surface area contributed by atoms with Crippen LogP contribution in [-0.4, -0.2) is 17.6 Å². The standard InChI is InChI=1S/C18H14BrCl3FNO2/c19-10-6-12(21)17(13(22)7-10)24-8-9(4-5-15(24)25)18(26)16-11(20)2-1-3-14(16)23/h1-3,6-7,9,18,26H,4-5,8H2/t9-,18+/m0/s1. The van der Waals surface area contributed by atoms with Crippen molar-refractivity contribution in [3.63, 3.8) is 0 Å². The van der Waals surface area contributed by atoms with Crippen molar-refractivity contribution in [3.8, 4) is 0 Å². The molecule has 1 aliphatic heterocycles. The van der Waals surface area contributed by atoms with Crippen LogP contribution < -0.4 is 4.90 Å². The Morgan fingerprint density at radius 1 is 1.19 bits per heavy atom. The highest BCUT2D eigenvalue weighted by Crippen LogP contribution is 2.41. The lowest BCUT2D eigenvalue weighted by Crippen LogP contribution is -2.42. The maximum Gasteiger partial charge on any atom is 0.227 e. The second-order valence-electron chi connectivity index (χ2n) is 6.10. The minimum atomic E-state index is -1.15. The van der Waals surface area contributed by atoms with E-state index in [9.17, 15) is 14.3 Å². The molecule has 0 radical (unpaired) electrons. The molecule has 1 heterocycles. The van der Waals surface area contributed by atoms with Crippen molar-refractivity contribution in [2.45, 2.75) is 18.9 Å².